The fourth-order valence-corrected chi connectivity index (χ4v) is 3.31. The van der Waals surface area contributed by atoms with Crippen molar-refractivity contribution in [2.24, 2.45) is 0 Å². The molecule has 5 nitrogen and oxygen atoms in total. The number of carboxylic acid groups (broad SMARTS) is 1. The number of methoxy groups -OCH3 is 1. The predicted octanol–water partition coefficient (Wildman–Crippen LogP) is 5.69. The number of para-hydroxylation sites is 1. The van der Waals surface area contributed by atoms with Crippen molar-refractivity contribution in [2.75, 3.05) is 12.4 Å². The van der Waals surface area contributed by atoms with E-state index >= 15 is 0 Å². The molecule has 0 fully saturated rings. The standard InChI is InChI=1S/C23H21ClFNO4/c1-14-16(23(27)28)7-4-10-20(14)26-12-15-6-3-11-21(29-2)22(15)30-13-17-18(24)8-5-9-19(17)25/h3-11,26H,12-13H2,1-2H3,(H,27,28). The van der Waals surface area contributed by atoms with Crippen LogP contribution in [0.5, 0.6) is 11.5 Å². The minimum Gasteiger partial charge on any atom is -0.493 e. The maximum atomic E-state index is 14.1. The van der Waals surface area contributed by atoms with Crippen molar-refractivity contribution in [3.05, 3.63) is 87.7 Å². The maximum Gasteiger partial charge on any atom is 0.336 e. The average molecular weight is 430 g/mol. The number of hydrogen-bond acceptors (Lipinski definition) is 4. The van der Waals surface area contributed by atoms with E-state index in [1.165, 1.54) is 19.2 Å². The van der Waals surface area contributed by atoms with Gasteiger partial charge in [-0.3, -0.25) is 0 Å². The number of carboxylic acids is 1. The lowest BCUT2D eigenvalue weighted by molar-refractivity contribution is 0.0696. The van der Waals surface area contributed by atoms with Crippen LogP contribution in [-0.4, -0.2) is 18.2 Å². The number of halogens is 2. The molecule has 3 aromatic carbocycles. The van der Waals surface area contributed by atoms with Crippen molar-refractivity contribution in [1.82, 2.24) is 0 Å². The average Bonchev–Trinajstić information content (AvgIpc) is 2.72. The molecule has 7 heteroatoms. The molecule has 2 N–H and O–H groups in total. The second kappa shape index (κ2) is 9.50. The molecule has 0 spiro atoms. The van der Waals surface area contributed by atoms with E-state index in [9.17, 15) is 14.3 Å². The van der Waals surface area contributed by atoms with Crippen LogP contribution in [0.2, 0.25) is 5.02 Å². The number of nitrogens with one attached hydrogen (secondary N) is 1. The smallest absolute Gasteiger partial charge is 0.336 e. The summed E-state index contributed by atoms with van der Waals surface area (Å²) >= 11 is 6.10. The Morgan fingerprint density at radius 2 is 1.87 bits per heavy atom. The molecule has 0 radical (unpaired) electrons. The van der Waals surface area contributed by atoms with E-state index in [0.717, 1.165) is 5.56 Å². The van der Waals surface area contributed by atoms with E-state index in [0.29, 0.717) is 29.3 Å². The molecule has 0 saturated heterocycles. The first kappa shape index (κ1) is 21.5. The van der Waals surface area contributed by atoms with E-state index in [-0.39, 0.29) is 22.8 Å². The summed E-state index contributed by atoms with van der Waals surface area (Å²) in [6.07, 6.45) is 0. The monoisotopic (exact) mass is 429 g/mol. The van der Waals surface area contributed by atoms with Crippen LogP contribution in [0.3, 0.4) is 0 Å². The molecule has 0 amide bonds. The maximum absolute atomic E-state index is 14.1. The second-order valence-electron chi connectivity index (χ2n) is 6.57. The van der Waals surface area contributed by atoms with Crippen molar-refractivity contribution in [3.63, 3.8) is 0 Å². The first-order chi connectivity index (χ1) is 14.4. The van der Waals surface area contributed by atoms with Crippen molar-refractivity contribution in [2.45, 2.75) is 20.1 Å². The zero-order valence-corrected chi connectivity index (χ0v) is 17.3. The van der Waals surface area contributed by atoms with Gasteiger partial charge in [0, 0.05) is 23.4 Å². The molecule has 0 bridgehead atoms. The van der Waals surface area contributed by atoms with Gasteiger partial charge >= 0.3 is 5.97 Å². The lowest BCUT2D eigenvalue weighted by atomic mass is 10.1. The summed E-state index contributed by atoms with van der Waals surface area (Å²) < 4.78 is 25.4. The Morgan fingerprint density at radius 3 is 2.57 bits per heavy atom. The third kappa shape index (κ3) is 4.66. The first-order valence-corrected chi connectivity index (χ1v) is 9.58. The number of hydrogen-bond donors (Lipinski definition) is 2. The molecule has 30 heavy (non-hydrogen) atoms. The van der Waals surface area contributed by atoms with Gasteiger partial charge in [0.2, 0.25) is 0 Å². The predicted molar refractivity (Wildman–Crippen MR) is 114 cm³/mol. The van der Waals surface area contributed by atoms with Crippen LogP contribution in [-0.2, 0) is 13.2 Å². The van der Waals surface area contributed by atoms with Crippen molar-refractivity contribution >= 4 is 23.3 Å². The Bertz CT molecular complexity index is 1050. The van der Waals surface area contributed by atoms with Gasteiger partial charge in [0.05, 0.1) is 17.7 Å². The molecule has 3 rings (SSSR count). The quantitative estimate of drug-likeness (QED) is 0.481. The summed E-state index contributed by atoms with van der Waals surface area (Å²) in [4.78, 5) is 11.4. The minimum absolute atomic E-state index is 0.0631. The molecule has 0 saturated carbocycles. The Balaban J connectivity index is 1.84. The highest BCUT2D eigenvalue weighted by atomic mass is 35.5. The highest BCUT2D eigenvalue weighted by Crippen LogP contribution is 2.33. The van der Waals surface area contributed by atoms with E-state index in [2.05, 4.69) is 5.32 Å². The van der Waals surface area contributed by atoms with Crippen molar-refractivity contribution < 1.29 is 23.8 Å². The summed E-state index contributed by atoms with van der Waals surface area (Å²) in [5.74, 6) is -0.474. The molecule has 0 heterocycles. The van der Waals surface area contributed by atoms with Crippen LogP contribution in [0.1, 0.15) is 27.0 Å². The van der Waals surface area contributed by atoms with Gasteiger partial charge in [0.25, 0.3) is 0 Å². The third-order valence-corrected chi connectivity index (χ3v) is 5.09. The van der Waals surface area contributed by atoms with E-state index in [4.69, 9.17) is 21.1 Å². The summed E-state index contributed by atoms with van der Waals surface area (Å²) in [7, 11) is 1.52. The van der Waals surface area contributed by atoms with Crippen LogP contribution in [0.4, 0.5) is 10.1 Å². The van der Waals surface area contributed by atoms with E-state index in [1.807, 2.05) is 18.2 Å². The van der Waals surface area contributed by atoms with Crippen LogP contribution < -0.4 is 14.8 Å². The number of carbonyl (C=O) groups is 1. The Morgan fingerprint density at radius 1 is 1.13 bits per heavy atom. The zero-order valence-electron chi connectivity index (χ0n) is 16.5. The van der Waals surface area contributed by atoms with Gasteiger partial charge in [-0.1, -0.05) is 35.9 Å². The molecular formula is C23H21ClFNO4. The molecule has 0 atom stereocenters. The number of rotatable bonds is 8. The highest BCUT2D eigenvalue weighted by molar-refractivity contribution is 6.31. The second-order valence-corrected chi connectivity index (χ2v) is 6.98. The first-order valence-electron chi connectivity index (χ1n) is 9.20. The normalized spacial score (nSPS) is 10.5. The van der Waals surface area contributed by atoms with Crippen molar-refractivity contribution in [3.8, 4) is 11.5 Å². The van der Waals surface area contributed by atoms with Gasteiger partial charge < -0.3 is 19.9 Å². The fraction of sp³-hybridized carbons (Fsp3) is 0.174. The van der Waals surface area contributed by atoms with E-state index < -0.39 is 11.8 Å². The van der Waals surface area contributed by atoms with Gasteiger partial charge in [0.15, 0.2) is 11.5 Å². The molecule has 0 aliphatic heterocycles. The lowest BCUT2D eigenvalue weighted by Gasteiger charge is -2.17. The van der Waals surface area contributed by atoms with Crippen molar-refractivity contribution in [1.29, 1.82) is 0 Å². The topological polar surface area (TPSA) is 67.8 Å². The summed E-state index contributed by atoms with van der Waals surface area (Å²) in [6, 6.07) is 14.9. The summed E-state index contributed by atoms with van der Waals surface area (Å²) in [5.41, 5.74) is 2.58. The van der Waals surface area contributed by atoms with Crippen LogP contribution in [0.15, 0.2) is 54.6 Å². The molecule has 3 aromatic rings. The van der Waals surface area contributed by atoms with Gasteiger partial charge in [-0.2, -0.15) is 0 Å². The van der Waals surface area contributed by atoms with Crippen LogP contribution >= 0.6 is 11.6 Å². The molecule has 0 unspecified atom stereocenters. The number of aromatic carboxylic acids is 1. The van der Waals surface area contributed by atoms with Gasteiger partial charge in [-0.25, -0.2) is 9.18 Å². The zero-order chi connectivity index (χ0) is 21.7. The number of anilines is 1. The highest BCUT2D eigenvalue weighted by Gasteiger charge is 2.15. The van der Waals surface area contributed by atoms with Crippen LogP contribution in [0, 0.1) is 12.7 Å². The Kier molecular flexibility index (Phi) is 6.79. The molecule has 0 aromatic heterocycles. The molecular weight excluding hydrogens is 409 g/mol. The fourth-order valence-electron chi connectivity index (χ4n) is 3.09. The third-order valence-electron chi connectivity index (χ3n) is 4.74. The number of ether oxygens (including phenoxy) is 2. The SMILES string of the molecule is COc1cccc(CNc2cccc(C(=O)O)c2C)c1OCc1c(F)cccc1Cl. The Labute approximate surface area is 179 Å². The van der Waals surface area contributed by atoms with E-state index in [1.54, 1.807) is 31.2 Å². The summed E-state index contributed by atoms with van der Waals surface area (Å²) in [6.45, 7) is 2.03. The van der Waals surface area contributed by atoms with Gasteiger partial charge in [-0.15, -0.1) is 0 Å². The molecule has 156 valence electrons. The van der Waals surface area contributed by atoms with Gasteiger partial charge in [0.1, 0.15) is 12.4 Å². The Hall–Kier alpha value is -3.25. The minimum atomic E-state index is -0.983. The lowest BCUT2D eigenvalue weighted by Crippen LogP contribution is -2.08. The number of benzene rings is 3. The largest absolute Gasteiger partial charge is 0.493 e. The summed E-state index contributed by atoms with van der Waals surface area (Å²) in [5, 5.41) is 12.8. The van der Waals surface area contributed by atoms with Gasteiger partial charge in [-0.05, 0) is 42.8 Å². The van der Waals surface area contributed by atoms with Crippen LogP contribution in [0.25, 0.3) is 0 Å². The molecule has 0 aliphatic rings. The molecule has 0 aliphatic carbocycles.